The molecule has 0 unspecified atom stereocenters. The molecule has 0 atom stereocenters. The van der Waals surface area contributed by atoms with E-state index in [-0.39, 0.29) is 5.97 Å². The minimum absolute atomic E-state index is 0.342. The van der Waals surface area contributed by atoms with Crippen LogP contribution in [0.2, 0.25) is 0 Å². The standard InChI is InChI=1S/C25H23BrO4/c1-28-25(27)22-9-7-19(8-10-22)15-21(16-26)18-30-24-13-11-23(12-14-24)29-17-20-5-3-2-4-6-20/h2-15H,16-18H2,1H3. The number of benzene rings is 3. The Morgan fingerprint density at radius 3 is 2.10 bits per heavy atom. The Hall–Kier alpha value is -3.05. The van der Waals surface area contributed by atoms with Gasteiger partial charge in [-0.1, -0.05) is 64.5 Å². The molecule has 0 aromatic heterocycles. The van der Waals surface area contributed by atoms with Crippen LogP contribution < -0.4 is 9.47 Å². The van der Waals surface area contributed by atoms with Gasteiger partial charge in [-0.3, -0.25) is 0 Å². The summed E-state index contributed by atoms with van der Waals surface area (Å²) in [5.41, 5.74) is 3.72. The molecule has 0 bridgehead atoms. The maximum Gasteiger partial charge on any atom is 0.337 e. The molecule has 5 heteroatoms. The molecule has 0 aliphatic heterocycles. The van der Waals surface area contributed by atoms with E-state index < -0.39 is 0 Å². The molecule has 0 saturated carbocycles. The summed E-state index contributed by atoms with van der Waals surface area (Å²) < 4.78 is 16.4. The van der Waals surface area contributed by atoms with Crippen LogP contribution in [-0.2, 0) is 11.3 Å². The fraction of sp³-hybridized carbons (Fsp3) is 0.160. The SMILES string of the molecule is COC(=O)c1ccc(C=C(CBr)COc2ccc(OCc3ccccc3)cc2)cc1. The molecule has 0 aliphatic rings. The van der Waals surface area contributed by atoms with Gasteiger partial charge in [0.2, 0.25) is 0 Å². The Labute approximate surface area is 185 Å². The average Bonchev–Trinajstić information content (AvgIpc) is 2.81. The van der Waals surface area contributed by atoms with Crippen molar-refractivity contribution in [1.82, 2.24) is 0 Å². The van der Waals surface area contributed by atoms with Gasteiger partial charge in [0.05, 0.1) is 12.7 Å². The fourth-order valence-electron chi connectivity index (χ4n) is 2.74. The second-order valence-corrected chi connectivity index (χ2v) is 7.14. The van der Waals surface area contributed by atoms with Gasteiger partial charge in [-0.05, 0) is 53.1 Å². The van der Waals surface area contributed by atoms with E-state index in [0.29, 0.717) is 24.1 Å². The van der Waals surface area contributed by atoms with E-state index in [0.717, 1.165) is 28.2 Å². The Kier molecular flexibility index (Phi) is 8.10. The minimum Gasteiger partial charge on any atom is -0.489 e. The zero-order valence-electron chi connectivity index (χ0n) is 16.7. The van der Waals surface area contributed by atoms with Gasteiger partial charge >= 0.3 is 5.97 Å². The van der Waals surface area contributed by atoms with E-state index >= 15 is 0 Å². The van der Waals surface area contributed by atoms with Gasteiger partial charge in [0.25, 0.3) is 0 Å². The number of carbonyl (C=O) groups is 1. The van der Waals surface area contributed by atoms with Crippen LogP contribution in [-0.4, -0.2) is 25.0 Å². The predicted octanol–water partition coefficient (Wildman–Crippen LogP) is 5.91. The zero-order valence-corrected chi connectivity index (χ0v) is 18.3. The summed E-state index contributed by atoms with van der Waals surface area (Å²) in [6, 6.07) is 24.9. The number of halogens is 1. The molecule has 3 rings (SSSR count). The average molecular weight is 467 g/mol. The van der Waals surface area contributed by atoms with Gasteiger partial charge in [-0.15, -0.1) is 0 Å². The van der Waals surface area contributed by atoms with Crippen LogP contribution in [0, 0.1) is 0 Å². The van der Waals surface area contributed by atoms with Crippen molar-refractivity contribution in [2.45, 2.75) is 6.61 Å². The molecule has 4 nitrogen and oxygen atoms in total. The number of alkyl halides is 1. The largest absolute Gasteiger partial charge is 0.489 e. The lowest BCUT2D eigenvalue weighted by atomic mass is 10.1. The Morgan fingerprint density at radius 1 is 0.867 bits per heavy atom. The topological polar surface area (TPSA) is 44.8 Å². The highest BCUT2D eigenvalue weighted by Crippen LogP contribution is 2.20. The lowest BCUT2D eigenvalue weighted by Gasteiger charge is -2.10. The number of rotatable bonds is 9. The molecule has 0 heterocycles. The lowest BCUT2D eigenvalue weighted by Crippen LogP contribution is -2.03. The third-order valence-electron chi connectivity index (χ3n) is 4.37. The first kappa shape index (κ1) is 21.7. The number of methoxy groups -OCH3 is 1. The summed E-state index contributed by atoms with van der Waals surface area (Å²) in [7, 11) is 1.37. The maximum atomic E-state index is 11.5. The van der Waals surface area contributed by atoms with Gasteiger partial charge in [0, 0.05) is 5.33 Å². The van der Waals surface area contributed by atoms with E-state index in [1.54, 1.807) is 12.1 Å². The second kappa shape index (κ2) is 11.2. The molecule has 154 valence electrons. The van der Waals surface area contributed by atoms with Crippen LogP contribution in [0.25, 0.3) is 6.08 Å². The molecule has 0 N–H and O–H groups in total. The molecule has 0 amide bonds. The van der Waals surface area contributed by atoms with E-state index in [1.807, 2.05) is 72.8 Å². The van der Waals surface area contributed by atoms with Crippen molar-refractivity contribution in [1.29, 1.82) is 0 Å². The van der Waals surface area contributed by atoms with Crippen molar-refractivity contribution in [3.05, 3.63) is 101 Å². The van der Waals surface area contributed by atoms with Gasteiger partial charge in [-0.2, -0.15) is 0 Å². The van der Waals surface area contributed by atoms with E-state index in [9.17, 15) is 4.79 Å². The number of hydrogen-bond donors (Lipinski definition) is 0. The van der Waals surface area contributed by atoms with Crippen molar-refractivity contribution in [2.24, 2.45) is 0 Å². The Balaban J connectivity index is 1.54. The van der Waals surface area contributed by atoms with Crippen LogP contribution >= 0.6 is 15.9 Å². The lowest BCUT2D eigenvalue weighted by molar-refractivity contribution is 0.0600. The van der Waals surface area contributed by atoms with Crippen molar-refractivity contribution in [3.8, 4) is 11.5 Å². The smallest absolute Gasteiger partial charge is 0.337 e. The molecule has 0 fully saturated rings. The molecular weight excluding hydrogens is 444 g/mol. The zero-order chi connectivity index (χ0) is 21.2. The number of hydrogen-bond acceptors (Lipinski definition) is 4. The first-order chi connectivity index (χ1) is 14.7. The summed E-state index contributed by atoms with van der Waals surface area (Å²) in [6.07, 6.45) is 2.03. The van der Waals surface area contributed by atoms with E-state index in [4.69, 9.17) is 14.2 Å². The summed E-state index contributed by atoms with van der Waals surface area (Å²) in [4.78, 5) is 11.5. The van der Waals surface area contributed by atoms with E-state index in [2.05, 4.69) is 15.9 Å². The van der Waals surface area contributed by atoms with Gasteiger partial charge in [-0.25, -0.2) is 4.79 Å². The monoisotopic (exact) mass is 466 g/mol. The second-order valence-electron chi connectivity index (χ2n) is 6.58. The van der Waals surface area contributed by atoms with Crippen molar-refractivity contribution >= 4 is 28.0 Å². The summed E-state index contributed by atoms with van der Waals surface area (Å²) in [6.45, 7) is 0.987. The van der Waals surface area contributed by atoms with Crippen molar-refractivity contribution < 1.29 is 19.0 Å². The highest BCUT2D eigenvalue weighted by Gasteiger charge is 2.05. The van der Waals surface area contributed by atoms with Gasteiger partial charge in [0.15, 0.2) is 0 Å². The molecule has 3 aromatic carbocycles. The quantitative estimate of drug-likeness (QED) is 0.290. The van der Waals surface area contributed by atoms with Gasteiger partial charge < -0.3 is 14.2 Å². The molecule has 0 aliphatic carbocycles. The van der Waals surface area contributed by atoms with Crippen molar-refractivity contribution in [3.63, 3.8) is 0 Å². The molecule has 0 radical (unpaired) electrons. The summed E-state index contributed by atoms with van der Waals surface area (Å²) >= 11 is 3.51. The third kappa shape index (κ3) is 6.49. The highest BCUT2D eigenvalue weighted by atomic mass is 79.9. The molecule has 0 spiro atoms. The number of esters is 1. The Morgan fingerprint density at radius 2 is 1.50 bits per heavy atom. The van der Waals surface area contributed by atoms with Gasteiger partial charge in [0.1, 0.15) is 24.7 Å². The Bertz CT molecular complexity index is 964. The normalized spacial score (nSPS) is 11.1. The van der Waals surface area contributed by atoms with Crippen molar-refractivity contribution in [2.75, 3.05) is 19.0 Å². The highest BCUT2D eigenvalue weighted by molar-refractivity contribution is 9.09. The predicted molar refractivity (Wildman–Crippen MR) is 122 cm³/mol. The molecule has 3 aromatic rings. The number of carbonyl (C=O) groups excluding carboxylic acids is 1. The first-order valence-corrected chi connectivity index (χ1v) is 10.6. The maximum absolute atomic E-state index is 11.5. The third-order valence-corrected chi connectivity index (χ3v) is 5.09. The molecule has 30 heavy (non-hydrogen) atoms. The summed E-state index contributed by atoms with van der Waals surface area (Å²) in [5.74, 6) is 1.23. The van der Waals surface area contributed by atoms with Crippen LogP contribution in [0.5, 0.6) is 11.5 Å². The fourth-order valence-corrected chi connectivity index (χ4v) is 3.06. The molecular formula is C25H23BrO4. The van der Waals surface area contributed by atoms with E-state index in [1.165, 1.54) is 7.11 Å². The van der Waals surface area contributed by atoms with Crippen LogP contribution in [0.1, 0.15) is 21.5 Å². The van der Waals surface area contributed by atoms with Crippen LogP contribution in [0.15, 0.2) is 84.4 Å². The van der Waals surface area contributed by atoms with Crippen LogP contribution in [0.4, 0.5) is 0 Å². The first-order valence-electron chi connectivity index (χ1n) is 9.51. The van der Waals surface area contributed by atoms with Crippen LogP contribution in [0.3, 0.4) is 0 Å². The molecule has 0 saturated heterocycles. The number of ether oxygens (including phenoxy) is 3. The minimum atomic E-state index is -0.342. The summed E-state index contributed by atoms with van der Waals surface area (Å²) in [5, 5.41) is 0.685.